The lowest BCUT2D eigenvalue weighted by Gasteiger charge is -2.32. The molecule has 6 heteroatoms. The number of ether oxygens (including phenoxy) is 1. The summed E-state index contributed by atoms with van der Waals surface area (Å²) in [6.07, 6.45) is 1.33. The third-order valence-electron chi connectivity index (χ3n) is 3.52. The van der Waals surface area contributed by atoms with E-state index in [1.807, 2.05) is 13.8 Å². The van der Waals surface area contributed by atoms with Gasteiger partial charge in [0.2, 0.25) is 5.91 Å². The van der Waals surface area contributed by atoms with Crippen molar-refractivity contribution < 1.29 is 14.3 Å². The molecule has 20 heavy (non-hydrogen) atoms. The maximum atomic E-state index is 12.0. The Morgan fingerprint density at radius 3 is 2.50 bits per heavy atom. The second-order valence-electron chi connectivity index (χ2n) is 5.18. The second kappa shape index (κ2) is 8.79. The van der Waals surface area contributed by atoms with Crippen LogP contribution in [-0.2, 0) is 9.53 Å². The summed E-state index contributed by atoms with van der Waals surface area (Å²) in [5, 5.41) is 6.23. The summed E-state index contributed by atoms with van der Waals surface area (Å²) >= 11 is 0. The van der Waals surface area contributed by atoms with Crippen LogP contribution in [0.5, 0.6) is 0 Å². The van der Waals surface area contributed by atoms with E-state index in [2.05, 4.69) is 10.6 Å². The summed E-state index contributed by atoms with van der Waals surface area (Å²) in [5.41, 5.74) is 0. The fourth-order valence-corrected chi connectivity index (χ4v) is 2.22. The number of hydrogen-bond donors (Lipinski definition) is 2. The first-order valence-electron chi connectivity index (χ1n) is 7.51. The molecule has 0 aromatic heterocycles. The van der Waals surface area contributed by atoms with Gasteiger partial charge in [-0.1, -0.05) is 13.8 Å². The van der Waals surface area contributed by atoms with Gasteiger partial charge in [0.25, 0.3) is 0 Å². The molecule has 1 rings (SSSR count). The monoisotopic (exact) mass is 285 g/mol. The molecule has 0 saturated carbocycles. The first-order chi connectivity index (χ1) is 9.58. The van der Waals surface area contributed by atoms with Crippen LogP contribution in [0.4, 0.5) is 4.79 Å². The maximum absolute atomic E-state index is 12.0. The number of carbonyl (C=O) groups excluding carboxylic acids is 2. The molecule has 6 nitrogen and oxygen atoms in total. The molecule has 1 aliphatic heterocycles. The Morgan fingerprint density at radius 1 is 1.30 bits per heavy atom. The van der Waals surface area contributed by atoms with Gasteiger partial charge in [-0.25, -0.2) is 4.79 Å². The zero-order valence-corrected chi connectivity index (χ0v) is 12.8. The van der Waals surface area contributed by atoms with Gasteiger partial charge in [0.1, 0.15) is 0 Å². The molecule has 116 valence electrons. The van der Waals surface area contributed by atoms with Crippen LogP contribution < -0.4 is 10.6 Å². The largest absolute Gasteiger partial charge is 0.450 e. The van der Waals surface area contributed by atoms with Gasteiger partial charge in [0, 0.05) is 31.6 Å². The minimum atomic E-state index is -0.252. The zero-order chi connectivity index (χ0) is 15.0. The van der Waals surface area contributed by atoms with Crippen LogP contribution in [0.15, 0.2) is 0 Å². The summed E-state index contributed by atoms with van der Waals surface area (Å²) in [5.74, 6) is 0.0542. The van der Waals surface area contributed by atoms with E-state index in [9.17, 15) is 9.59 Å². The van der Waals surface area contributed by atoms with E-state index in [0.29, 0.717) is 26.2 Å². The topological polar surface area (TPSA) is 70.7 Å². The van der Waals surface area contributed by atoms with Crippen molar-refractivity contribution >= 4 is 12.0 Å². The highest BCUT2D eigenvalue weighted by atomic mass is 16.6. The molecule has 0 aliphatic carbocycles. The minimum Gasteiger partial charge on any atom is -0.450 e. The molecule has 1 atom stereocenters. The third kappa shape index (κ3) is 5.36. The first kappa shape index (κ1) is 16.8. The summed E-state index contributed by atoms with van der Waals surface area (Å²) in [6.45, 7) is 9.01. The first-order valence-corrected chi connectivity index (χ1v) is 7.51. The molecule has 1 heterocycles. The van der Waals surface area contributed by atoms with Crippen molar-refractivity contribution in [2.75, 3.05) is 32.8 Å². The predicted molar refractivity (Wildman–Crippen MR) is 77.5 cm³/mol. The normalized spacial score (nSPS) is 17.6. The Morgan fingerprint density at radius 2 is 1.95 bits per heavy atom. The van der Waals surface area contributed by atoms with Crippen molar-refractivity contribution in [2.24, 2.45) is 5.92 Å². The van der Waals surface area contributed by atoms with Gasteiger partial charge in [-0.2, -0.15) is 0 Å². The van der Waals surface area contributed by atoms with Crippen LogP contribution in [0, 0.1) is 5.92 Å². The van der Waals surface area contributed by atoms with Crippen LogP contribution in [0.2, 0.25) is 0 Å². The number of nitrogens with zero attached hydrogens (tertiary/aromatic N) is 1. The molecule has 2 amide bonds. The molecule has 0 bridgehead atoms. The van der Waals surface area contributed by atoms with Gasteiger partial charge in [0.05, 0.1) is 6.61 Å². The summed E-state index contributed by atoms with van der Waals surface area (Å²) in [6, 6.07) is 0.164. The standard InChI is InChI=1S/C14H27N3O3/c1-4-15-10-11(3)13(18)16-12-6-8-17(9-7-12)14(19)20-5-2/h11-12,15H,4-10H2,1-3H3,(H,16,18). The lowest BCUT2D eigenvalue weighted by Crippen LogP contribution is -2.48. The average Bonchev–Trinajstić information content (AvgIpc) is 2.45. The van der Waals surface area contributed by atoms with Gasteiger partial charge in [-0.15, -0.1) is 0 Å². The molecule has 0 spiro atoms. The number of likely N-dealkylation sites (tertiary alicyclic amines) is 1. The fourth-order valence-electron chi connectivity index (χ4n) is 2.22. The second-order valence-corrected chi connectivity index (χ2v) is 5.18. The predicted octanol–water partition coefficient (Wildman–Crippen LogP) is 0.969. The molecule has 0 aromatic carbocycles. The Kier molecular flexibility index (Phi) is 7.36. The Labute approximate surface area is 121 Å². The van der Waals surface area contributed by atoms with Crippen molar-refractivity contribution in [2.45, 2.75) is 39.7 Å². The van der Waals surface area contributed by atoms with Crippen molar-refractivity contribution in [3.63, 3.8) is 0 Å². The van der Waals surface area contributed by atoms with Crippen molar-refractivity contribution in [3.05, 3.63) is 0 Å². The number of rotatable bonds is 6. The van der Waals surface area contributed by atoms with Gasteiger partial charge in [-0.3, -0.25) is 4.79 Å². The van der Waals surface area contributed by atoms with E-state index in [-0.39, 0.29) is 24.0 Å². The zero-order valence-electron chi connectivity index (χ0n) is 12.8. The molecule has 0 aromatic rings. The fraction of sp³-hybridized carbons (Fsp3) is 0.857. The lowest BCUT2D eigenvalue weighted by atomic mass is 10.0. The van der Waals surface area contributed by atoms with E-state index in [1.54, 1.807) is 11.8 Å². The van der Waals surface area contributed by atoms with Crippen molar-refractivity contribution in [1.82, 2.24) is 15.5 Å². The van der Waals surface area contributed by atoms with Gasteiger partial charge < -0.3 is 20.3 Å². The number of carbonyl (C=O) groups is 2. The Bertz CT molecular complexity index is 315. The van der Waals surface area contributed by atoms with E-state index in [0.717, 1.165) is 19.4 Å². The number of amides is 2. The van der Waals surface area contributed by atoms with Gasteiger partial charge in [0.15, 0.2) is 0 Å². The van der Waals surface area contributed by atoms with E-state index >= 15 is 0 Å². The highest BCUT2D eigenvalue weighted by molar-refractivity contribution is 5.78. The quantitative estimate of drug-likeness (QED) is 0.763. The number of piperidine rings is 1. The third-order valence-corrected chi connectivity index (χ3v) is 3.52. The van der Waals surface area contributed by atoms with Gasteiger partial charge in [-0.05, 0) is 26.3 Å². The van der Waals surface area contributed by atoms with E-state index in [4.69, 9.17) is 4.74 Å². The SMILES string of the molecule is CCNCC(C)C(=O)NC1CCN(C(=O)OCC)CC1. The van der Waals surface area contributed by atoms with E-state index in [1.165, 1.54) is 0 Å². The Hall–Kier alpha value is -1.30. The van der Waals surface area contributed by atoms with Crippen molar-refractivity contribution in [3.8, 4) is 0 Å². The molecule has 1 aliphatic rings. The summed E-state index contributed by atoms with van der Waals surface area (Å²) in [7, 11) is 0. The van der Waals surface area contributed by atoms with Gasteiger partial charge >= 0.3 is 6.09 Å². The Balaban J connectivity index is 2.28. The number of hydrogen-bond acceptors (Lipinski definition) is 4. The number of nitrogens with one attached hydrogen (secondary N) is 2. The molecule has 2 N–H and O–H groups in total. The minimum absolute atomic E-state index is 0.0296. The van der Waals surface area contributed by atoms with Crippen LogP contribution in [-0.4, -0.2) is 55.7 Å². The van der Waals surface area contributed by atoms with Crippen molar-refractivity contribution in [1.29, 1.82) is 0 Å². The van der Waals surface area contributed by atoms with Crippen LogP contribution in [0.3, 0.4) is 0 Å². The average molecular weight is 285 g/mol. The molecule has 1 saturated heterocycles. The molecule has 0 radical (unpaired) electrons. The lowest BCUT2D eigenvalue weighted by molar-refractivity contribution is -0.125. The van der Waals surface area contributed by atoms with E-state index < -0.39 is 0 Å². The molecular formula is C14H27N3O3. The molecular weight excluding hydrogens is 258 g/mol. The summed E-state index contributed by atoms with van der Waals surface area (Å²) < 4.78 is 4.97. The van der Waals surface area contributed by atoms with Crippen LogP contribution >= 0.6 is 0 Å². The van der Waals surface area contributed by atoms with Crippen LogP contribution in [0.25, 0.3) is 0 Å². The van der Waals surface area contributed by atoms with Crippen LogP contribution in [0.1, 0.15) is 33.6 Å². The smallest absolute Gasteiger partial charge is 0.409 e. The highest BCUT2D eigenvalue weighted by Gasteiger charge is 2.25. The summed E-state index contributed by atoms with van der Waals surface area (Å²) in [4.78, 5) is 25.2. The highest BCUT2D eigenvalue weighted by Crippen LogP contribution is 2.12. The maximum Gasteiger partial charge on any atom is 0.409 e. The molecule has 1 fully saturated rings. The molecule has 1 unspecified atom stereocenters.